The zero-order chi connectivity index (χ0) is 19.1. The number of allylic oxidation sites excluding steroid dienone is 1. The van der Waals surface area contributed by atoms with Crippen molar-refractivity contribution in [3.05, 3.63) is 64.1 Å². The fourth-order valence-electron chi connectivity index (χ4n) is 1.74. The molecule has 2 aromatic carbocycles. The van der Waals surface area contributed by atoms with E-state index < -0.39 is 17.5 Å². The van der Waals surface area contributed by atoms with Gasteiger partial charge in [0.1, 0.15) is 22.3 Å². The zero-order valence-electron chi connectivity index (χ0n) is 13.4. The van der Waals surface area contributed by atoms with Gasteiger partial charge in [-0.2, -0.15) is 5.10 Å². The van der Waals surface area contributed by atoms with Gasteiger partial charge in [-0.15, -0.1) is 0 Å². The summed E-state index contributed by atoms with van der Waals surface area (Å²) in [4.78, 5) is 11.4. The highest BCUT2D eigenvalue weighted by Crippen LogP contribution is 2.22. The van der Waals surface area contributed by atoms with Crippen molar-refractivity contribution in [1.82, 2.24) is 0 Å². The number of carbonyl (C=O) groups is 1. The summed E-state index contributed by atoms with van der Waals surface area (Å²) in [5.41, 5.74) is 2.94. The quantitative estimate of drug-likeness (QED) is 0.310. The molecule has 6 nitrogen and oxygen atoms in total. The lowest BCUT2D eigenvalue weighted by atomic mass is 10.3. The zero-order valence-corrected chi connectivity index (χ0v) is 14.9. The maximum Gasteiger partial charge on any atom is 0.373 e. The Balaban J connectivity index is 2.12. The molecule has 0 unspecified atom stereocenters. The molecule has 0 saturated heterocycles. The molecule has 0 radical (unpaired) electrons. The van der Waals surface area contributed by atoms with Crippen LogP contribution in [0.4, 0.5) is 10.1 Å². The topological polar surface area (TPSA) is 80.2 Å². The first-order chi connectivity index (χ1) is 12.4. The van der Waals surface area contributed by atoms with Crippen LogP contribution in [0, 0.1) is 5.82 Å². The third-order valence-electron chi connectivity index (χ3n) is 2.98. The molecule has 9 heteroatoms. The number of carboxylic acids is 1. The van der Waals surface area contributed by atoms with Crippen LogP contribution in [0.5, 0.6) is 11.5 Å². The smallest absolute Gasteiger partial charge is 0.373 e. The Morgan fingerprint density at radius 1 is 1.23 bits per heavy atom. The van der Waals surface area contributed by atoms with Gasteiger partial charge in [-0.05, 0) is 42.5 Å². The SMILES string of the molecule is COc1ccc(O/C(C(=O)O)=C(Cl)/C=N/Nc2ccc(F)c(Cl)c2)cc1. The number of methoxy groups -OCH3 is 1. The Hall–Kier alpha value is -2.77. The highest BCUT2D eigenvalue weighted by atomic mass is 35.5. The van der Waals surface area contributed by atoms with E-state index in [1.807, 2.05) is 0 Å². The molecule has 0 aromatic heterocycles. The van der Waals surface area contributed by atoms with Crippen LogP contribution in [0.15, 0.2) is 58.4 Å². The number of benzene rings is 2. The van der Waals surface area contributed by atoms with E-state index in [1.165, 1.54) is 31.4 Å². The summed E-state index contributed by atoms with van der Waals surface area (Å²) >= 11 is 11.6. The first kappa shape index (κ1) is 19.6. The summed E-state index contributed by atoms with van der Waals surface area (Å²) in [5.74, 6) is -1.61. The second kappa shape index (κ2) is 9.07. The highest BCUT2D eigenvalue weighted by Gasteiger charge is 2.15. The van der Waals surface area contributed by atoms with Gasteiger partial charge in [0.25, 0.3) is 0 Å². The number of hydrazone groups is 1. The number of nitrogens with zero attached hydrogens (tertiary/aromatic N) is 1. The predicted octanol–water partition coefficient (Wildman–Crippen LogP) is 4.50. The van der Waals surface area contributed by atoms with E-state index in [2.05, 4.69) is 10.5 Å². The third kappa shape index (κ3) is 5.37. The fourth-order valence-corrected chi connectivity index (χ4v) is 2.09. The van der Waals surface area contributed by atoms with Gasteiger partial charge in [0.15, 0.2) is 0 Å². The predicted molar refractivity (Wildman–Crippen MR) is 97.7 cm³/mol. The van der Waals surface area contributed by atoms with Gasteiger partial charge in [0.05, 0.1) is 24.0 Å². The molecule has 26 heavy (non-hydrogen) atoms. The number of ether oxygens (including phenoxy) is 2. The van der Waals surface area contributed by atoms with E-state index >= 15 is 0 Å². The minimum atomic E-state index is -1.37. The summed E-state index contributed by atoms with van der Waals surface area (Å²) in [6.07, 6.45) is 1.05. The summed E-state index contributed by atoms with van der Waals surface area (Å²) in [5, 5.41) is 12.7. The Kier molecular flexibility index (Phi) is 6.82. The van der Waals surface area contributed by atoms with Crippen LogP contribution in [0.1, 0.15) is 0 Å². The summed E-state index contributed by atoms with van der Waals surface area (Å²) in [6.45, 7) is 0. The van der Waals surface area contributed by atoms with Crippen molar-refractivity contribution in [2.45, 2.75) is 0 Å². The van der Waals surface area contributed by atoms with Crippen molar-refractivity contribution in [1.29, 1.82) is 0 Å². The van der Waals surface area contributed by atoms with Gasteiger partial charge in [0, 0.05) is 0 Å². The average molecular weight is 399 g/mol. The Morgan fingerprint density at radius 3 is 2.46 bits per heavy atom. The molecular weight excluding hydrogens is 386 g/mol. The number of rotatable bonds is 7. The maximum atomic E-state index is 13.1. The number of hydrogen-bond acceptors (Lipinski definition) is 5. The normalized spacial score (nSPS) is 11.8. The van der Waals surface area contributed by atoms with Gasteiger partial charge in [-0.25, -0.2) is 9.18 Å². The molecule has 0 spiro atoms. The van der Waals surface area contributed by atoms with Gasteiger partial charge < -0.3 is 14.6 Å². The Morgan fingerprint density at radius 2 is 1.88 bits per heavy atom. The van der Waals surface area contributed by atoms with E-state index in [4.69, 9.17) is 32.7 Å². The van der Waals surface area contributed by atoms with Crippen LogP contribution in [-0.2, 0) is 4.79 Å². The monoisotopic (exact) mass is 398 g/mol. The molecule has 0 fully saturated rings. The minimum Gasteiger partial charge on any atom is -0.497 e. The summed E-state index contributed by atoms with van der Waals surface area (Å²) in [7, 11) is 1.51. The molecule has 0 heterocycles. The van der Waals surface area contributed by atoms with Crippen molar-refractivity contribution in [2.24, 2.45) is 5.10 Å². The molecule has 0 bridgehead atoms. The van der Waals surface area contributed by atoms with Crippen LogP contribution in [0.25, 0.3) is 0 Å². The van der Waals surface area contributed by atoms with Crippen molar-refractivity contribution < 1.29 is 23.8 Å². The van der Waals surface area contributed by atoms with Crippen LogP contribution < -0.4 is 14.9 Å². The molecule has 0 aliphatic heterocycles. The summed E-state index contributed by atoms with van der Waals surface area (Å²) in [6, 6.07) is 10.2. The van der Waals surface area contributed by atoms with E-state index in [-0.39, 0.29) is 15.8 Å². The lowest BCUT2D eigenvalue weighted by Crippen LogP contribution is -2.10. The lowest BCUT2D eigenvalue weighted by molar-refractivity contribution is -0.135. The largest absolute Gasteiger partial charge is 0.497 e. The molecule has 0 saturated carbocycles. The van der Waals surface area contributed by atoms with Crippen LogP contribution in [0.3, 0.4) is 0 Å². The standard InChI is InChI=1S/C17H13Cl2FN2O4/c1-25-11-3-5-12(6-4-11)26-16(17(23)24)14(19)9-21-22-10-2-7-15(20)13(18)8-10/h2-9,22H,1H3,(H,23,24)/b16-14-,21-9+. The van der Waals surface area contributed by atoms with Crippen molar-refractivity contribution in [3.63, 3.8) is 0 Å². The van der Waals surface area contributed by atoms with E-state index in [0.717, 1.165) is 12.3 Å². The second-order valence-corrected chi connectivity index (χ2v) is 5.57. The lowest BCUT2D eigenvalue weighted by Gasteiger charge is -2.08. The molecule has 136 valence electrons. The second-order valence-electron chi connectivity index (χ2n) is 4.76. The van der Waals surface area contributed by atoms with Gasteiger partial charge in [-0.3, -0.25) is 5.43 Å². The fraction of sp³-hybridized carbons (Fsp3) is 0.0588. The van der Waals surface area contributed by atoms with Gasteiger partial charge >= 0.3 is 5.97 Å². The van der Waals surface area contributed by atoms with Gasteiger partial charge in [-0.1, -0.05) is 23.2 Å². The van der Waals surface area contributed by atoms with Crippen molar-refractivity contribution >= 4 is 41.1 Å². The number of aliphatic carboxylic acids is 1. The van der Waals surface area contributed by atoms with Gasteiger partial charge in [0.2, 0.25) is 5.76 Å². The van der Waals surface area contributed by atoms with Crippen molar-refractivity contribution in [3.8, 4) is 11.5 Å². The van der Waals surface area contributed by atoms with Crippen LogP contribution >= 0.6 is 23.2 Å². The average Bonchev–Trinajstić information content (AvgIpc) is 2.62. The number of nitrogens with one attached hydrogen (secondary N) is 1. The molecule has 2 rings (SSSR count). The Bertz CT molecular complexity index is 854. The first-order valence-corrected chi connectivity index (χ1v) is 7.85. The first-order valence-electron chi connectivity index (χ1n) is 7.10. The molecule has 2 aromatic rings. The Labute approximate surface area is 158 Å². The van der Waals surface area contributed by atoms with Crippen molar-refractivity contribution in [2.75, 3.05) is 12.5 Å². The highest BCUT2D eigenvalue weighted by molar-refractivity contribution is 6.41. The number of anilines is 1. The molecule has 0 atom stereocenters. The summed E-state index contributed by atoms with van der Waals surface area (Å²) < 4.78 is 23.4. The minimum absolute atomic E-state index is 0.0825. The van der Waals surface area contributed by atoms with E-state index in [0.29, 0.717) is 11.4 Å². The molecule has 2 N–H and O–H groups in total. The maximum absolute atomic E-state index is 13.1. The third-order valence-corrected chi connectivity index (χ3v) is 3.54. The van der Waals surface area contributed by atoms with E-state index in [1.54, 1.807) is 12.1 Å². The van der Waals surface area contributed by atoms with E-state index in [9.17, 15) is 14.3 Å². The molecule has 0 aliphatic rings. The molecule has 0 aliphatic carbocycles. The van der Waals surface area contributed by atoms with Crippen LogP contribution in [-0.4, -0.2) is 24.4 Å². The number of halogens is 3. The molecular formula is C17H13Cl2FN2O4. The number of hydrogen-bond donors (Lipinski definition) is 2. The van der Waals surface area contributed by atoms with Crippen LogP contribution in [0.2, 0.25) is 5.02 Å². The molecule has 0 amide bonds. The number of carboxylic acid groups (broad SMARTS) is 1.